The van der Waals surface area contributed by atoms with E-state index in [0.717, 1.165) is 53.2 Å². The summed E-state index contributed by atoms with van der Waals surface area (Å²) in [7, 11) is 9.28. The molecule has 0 spiro atoms. The van der Waals surface area contributed by atoms with E-state index >= 15 is 0 Å². The number of anilines is 1. The molecule has 40 heavy (non-hydrogen) atoms. The summed E-state index contributed by atoms with van der Waals surface area (Å²) in [5.74, 6) is -0.0239. The number of amides is 1. The maximum Gasteiger partial charge on any atom is 0.338 e. The van der Waals surface area contributed by atoms with Gasteiger partial charge in [0.25, 0.3) is 5.91 Å². The molecule has 2 aromatic rings. The maximum atomic E-state index is 13.2. The number of nitrogens with one attached hydrogen (secondary N) is 1. The minimum absolute atomic E-state index is 0.0777. The van der Waals surface area contributed by atoms with Crippen LogP contribution < -0.4 is 25.9 Å². The molecule has 0 saturated heterocycles. The summed E-state index contributed by atoms with van der Waals surface area (Å²) in [6.45, 7) is 0. The smallest absolute Gasteiger partial charge is 0.338 e. The van der Waals surface area contributed by atoms with Gasteiger partial charge in [0.2, 0.25) is 5.36 Å². The van der Waals surface area contributed by atoms with Crippen LogP contribution in [0.15, 0.2) is 59.0 Å². The van der Waals surface area contributed by atoms with Gasteiger partial charge in [-0.25, -0.2) is 9.37 Å². The van der Waals surface area contributed by atoms with Gasteiger partial charge in [0.1, 0.15) is 25.4 Å². The molecule has 0 bridgehead atoms. The zero-order valence-electron chi connectivity index (χ0n) is 23.8. The molecule has 1 heterocycles. The van der Waals surface area contributed by atoms with Crippen molar-refractivity contribution < 1.29 is 18.7 Å². The highest BCUT2D eigenvalue weighted by Crippen LogP contribution is 2.42. The first-order valence-corrected chi connectivity index (χ1v) is 13.6. The van der Waals surface area contributed by atoms with Crippen LogP contribution in [0.2, 0.25) is 0 Å². The minimum atomic E-state index is -0.509. The standard InChI is InChI=1S/C32H36N4O4/c1-35(2)22-11-14-25-28(17-22)40-29-18-23(36(3)4)12-15-26(29)30(25)24-13-6-19(16-27(24)32(38)39-5)31(37)34-21-9-7-20(33)8-10-21/h6,11-18,20-21H,7-10,33H2,1-5H3/p+1. The van der Waals surface area contributed by atoms with Crippen molar-refractivity contribution in [3.05, 3.63) is 71.1 Å². The lowest BCUT2D eigenvalue weighted by Gasteiger charge is -2.27. The summed E-state index contributed by atoms with van der Waals surface area (Å²) in [6, 6.07) is 17.6. The van der Waals surface area contributed by atoms with Crippen molar-refractivity contribution in [1.82, 2.24) is 9.89 Å². The average molecular weight is 542 g/mol. The highest BCUT2D eigenvalue weighted by Gasteiger charge is 2.25. The summed E-state index contributed by atoms with van der Waals surface area (Å²) in [5, 5.41) is 4.97. The quantitative estimate of drug-likeness (QED) is 0.224. The second-order valence-electron chi connectivity index (χ2n) is 11.0. The summed E-state index contributed by atoms with van der Waals surface area (Å²) in [5.41, 5.74) is 10.8. The van der Waals surface area contributed by atoms with Crippen molar-refractivity contribution >= 4 is 28.5 Å². The number of esters is 1. The Kier molecular flexibility index (Phi) is 7.63. The van der Waals surface area contributed by atoms with E-state index in [2.05, 4.69) is 5.32 Å². The Hall–Kier alpha value is -4.17. The van der Waals surface area contributed by atoms with E-state index < -0.39 is 5.97 Å². The van der Waals surface area contributed by atoms with Crippen molar-refractivity contribution in [2.24, 2.45) is 5.73 Å². The molecule has 3 aliphatic rings. The monoisotopic (exact) mass is 541 g/mol. The molecule has 3 N–H and O–H groups in total. The summed E-state index contributed by atoms with van der Waals surface area (Å²) in [6.07, 6.45) is 3.48. The van der Waals surface area contributed by atoms with Crippen LogP contribution in [0, 0.1) is 0 Å². The molecule has 8 heteroatoms. The third-order valence-corrected chi connectivity index (χ3v) is 7.79. The number of hydrogen-bond acceptors (Lipinski definition) is 6. The molecule has 1 aliphatic heterocycles. The zero-order chi connectivity index (χ0) is 28.6. The first kappa shape index (κ1) is 27.4. The lowest BCUT2D eigenvalue weighted by molar-refractivity contribution is 0.0601. The van der Waals surface area contributed by atoms with Crippen molar-refractivity contribution in [2.45, 2.75) is 37.8 Å². The van der Waals surface area contributed by atoms with Gasteiger partial charge in [-0.15, -0.1) is 0 Å². The number of methoxy groups -OCH3 is 1. The van der Waals surface area contributed by atoms with Gasteiger partial charge in [-0.05, 0) is 61.6 Å². The van der Waals surface area contributed by atoms with E-state index in [1.165, 1.54) is 7.11 Å². The largest absolute Gasteiger partial charge is 0.465 e. The van der Waals surface area contributed by atoms with Crippen LogP contribution in [0.3, 0.4) is 0 Å². The van der Waals surface area contributed by atoms with E-state index in [0.29, 0.717) is 28.0 Å². The normalized spacial score (nSPS) is 17.1. The van der Waals surface area contributed by atoms with Crippen LogP contribution in [0.25, 0.3) is 33.4 Å². The first-order chi connectivity index (χ1) is 19.2. The molecular weight excluding hydrogens is 504 g/mol. The Bertz CT molecular complexity index is 1630. The van der Waals surface area contributed by atoms with Crippen molar-refractivity contribution in [3.63, 3.8) is 0 Å². The first-order valence-electron chi connectivity index (χ1n) is 13.6. The molecular formula is C32H37N4O4+. The topological polar surface area (TPSA) is 101 Å². The Morgan fingerprint density at radius 2 is 1.70 bits per heavy atom. The highest BCUT2D eigenvalue weighted by atomic mass is 16.5. The molecule has 1 saturated carbocycles. The molecule has 2 aliphatic carbocycles. The molecule has 2 aromatic carbocycles. The minimum Gasteiger partial charge on any atom is -0.465 e. The summed E-state index contributed by atoms with van der Waals surface area (Å²) < 4.78 is 13.6. The SMILES string of the molecule is COC(=O)c1cc(C(=O)NC2CCC(N)CC2)ccc1-c1c2ccc(=[N+](C)C)cc-2oc2cc(N(C)C)ccc12. The van der Waals surface area contributed by atoms with Crippen molar-refractivity contribution in [1.29, 1.82) is 0 Å². The van der Waals surface area contributed by atoms with E-state index in [1.807, 2.05) is 80.1 Å². The highest BCUT2D eigenvalue weighted by molar-refractivity contribution is 6.09. The summed E-state index contributed by atoms with van der Waals surface area (Å²) >= 11 is 0. The van der Waals surface area contributed by atoms with Gasteiger partial charge in [-0.2, -0.15) is 0 Å². The van der Waals surface area contributed by atoms with Gasteiger partial charge in [0, 0.05) is 66.1 Å². The van der Waals surface area contributed by atoms with Crippen LogP contribution >= 0.6 is 0 Å². The lowest BCUT2D eigenvalue weighted by atomic mass is 9.89. The number of carbonyl (C=O) groups is 2. The fourth-order valence-electron chi connectivity index (χ4n) is 5.43. The summed E-state index contributed by atoms with van der Waals surface area (Å²) in [4.78, 5) is 28.4. The Labute approximate surface area is 234 Å². The predicted octanol–water partition coefficient (Wildman–Crippen LogP) is 4.09. The number of fused-ring (bicyclic) bond motifs is 2. The Morgan fingerprint density at radius 3 is 2.38 bits per heavy atom. The molecule has 5 rings (SSSR count). The fraction of sp³-hybridized carbons (Fsp3) is 0.344. The molecule has 0 atom stereocenters. The van der Waals surface area contributed by atoms with Gasteiger partial charge in [0.15, 0.2) is 0 Å². The number of carbonyl (C=O) groups excluding carboxylic acids is 2. The van der Waals surface area contributed by atoms with Crippen molar-refractivity contribution in [2.75, 3.05) is 40.2 Å². The van der Waals surface area contributed by atoms with E-state index in [1.54, 1.807) is 12.1 Å². The Morgan fingerprint density at radius 1 is 0.975 bits per heavy atom. The molecule has 0 unspecified atom stereocenters. The number of ether oxygens (including phenoxy) is 1. The van der Waals surface area contributed by atoms with Gasteiger partial charge < -0.3 is 25.1 Å². The van der Waals surface area contributed by atoms with Crippen LogP contribution in [-0.4, -0.2) is 59.3 Å². The van der Waals surface area contributed by atoms with Crippen LogP contribution in [-0.2, 0) is 4.74 Å². The molecule has 208 valence electrons. The molecule has 1 fully saturated rings. The predicted molar refractivity (Wildman–Crippen MR) is 159 cm³/mol. The molecule has 8 nitrogen and oxygen atoms in total. The lowest BCUT2D eigenvalue weighted by Crippen LogP contribution is -2.40. The zero-order valence-corrected chi connectivity index (χ0v) is 23.8. The van der Waals surface area contributed by atoms with Crippen LogP contribution in [0.4, 0.5) is 5.69 Å². The van der Waals surface area contributed by atoms with Gasteiger partial charge >= 0.3 is 5.97 Å². The van der Waals surface area contributed by atoms with Crippen molar-refractivity contribution in [3.8, 4) is 22.5 Å². The molecule has 1 amide bonds. The number of benzene rings is 3. The maximum absolute atomic E-state index is 13.2. The van der Waals surface area contributed by atoms with Crippen LogP contribution in [0.5, 0.6) is 0 Å². The average Bonchev–Trinajstić information content (AvgIpc) is 2.95. The molecule has 0 aromatic heterocycles. The Balaban J connectivity index is 1.69. The van der Waals surface area contributed by atoms with Gasteiger partial charge in [-0.3, -0.25) is 4.79 Å². The number of nitrogens with zero attached hydrogens (tertiary/aromatic N) is 2. The van der Waals surface area contributed by atoms with E-state index in [4.69, 9.17) is 14.9 Å². The van der Waals surface area contributed by atoms with Gasteiger partial charge in [0.05, 0.1) is 18.7 Å². The van der Waals surface area contributed by atoms with E-state index in [-0.39, 0.29) is 18.0 Å². The van der Waals surface area contributed by atoms with Gasteiger partial charge in [-0.1, -0.05) is 6.07 Å². The fourth-order valence-corrected chi connectivity index (χ4v) is 5.43. The number of rotatable bonds is 5. The second-order valence-corrected chi connectivity index (χ2v) is 11.0. The second kappa shape index (κ2) is 11.1. The third kappa shape index (κ3) is 5.31. The number of hydrogen-bond donors (Lipinski definition) is 2. The third-order valence-electron chi connectivity index (χ3n) is 7.79. The number of nitrogens with two attached hydrogens (primary N) is 1. The van der Waals surface area contributed by atoms with E-state index in [9.17, 15) is 9.59 Å². The van der Waals surface area contributed by atoms with Crippen LogP contribution in [0.1, 0.15) is 46.4 Å². The molecule has 0 radical (unpaired) electrons.